The molecule has 3 aromatic heterocycles. The topological polar surface area (TPSA) is 117 Å². The van der Waals surface area contributed by atoms with Crippen molar-refractivity contribution in [3.05, 3.63) is 70.3 Å². The molecule has 0 unspecified atom stereocenters. The number of furan rings is 1. The van der Waals surface area contributed by atoms with Crippen molar-refractivity contribution in [2.75, 3.05) is 32.7 Å². The summed E-state index contributed by atoms with van der Waals surface area (Å²) in [5.74, 6) is -0.611. The predicted octanol–water partition coefficient (Wildman–Crippen LogP) is 1.25. The Labute approximate surface area is 177 Å². The highest BCUT2D eigenvalue weighted by atomic mass is 16.5. The van der Waals surface area contributed by atoms with Crippen LogP contribution >= 0.6 is 0 Å². The van der Waals surface area contributed by atoms with Gasteiger partial charge in [-0.3, -0.25) is 28.9 Å². The van der Waals surface area contributed by atoms with Gasteiger partial charge in [0.2, 0.25) is 11.6 Å². The molecule has 3 aromatic rings. The SMILES string of the molecule is O=C1c2ncccc2C(=O)c2c1n([O-])n2CCCN1CCN(C(=O)c2ccco2)CC1. The van der Waals surface area contributed by atoms with Crippen molar-refractivity contribution >= 4 is 17.5 Å². The summed E-state index contributed by atoms with van der Waals surface area (Å²) in [5, 5.41) is 12.4. The van der Waals surface area contributed by atoms with Gasteiger partial charge in [0.05, 0.1) is 11.8 Å². The summed E-state index contributed by atoms with van der Waals surface area (Å²) < 4.78 is 6.49. The first-order valence-corrected chi connectivity index (χ1v) is 10.1. The first-order valence-electron chi connectivity index (χ1n) is 10.1. The Morgan fingerprint density at radius 3 is 2.58 bits per heavy atom. The van der Waals surface area contributed by atoms with Crippen molar-refractivity contribution in [3.8, 4) is 0 Å². The maximum absolute atomic E-state index is 12.7. The van der Waals surface area contributed by atoms with Gasteiger partial charge in [0, 0.05) is 45.5 Å². The van der Waals surface area contributed by atoms with E-state index < -0.39 is 5.78 Å². The fraction of sp³-hybridized carbons (Fsp3) is 0.333. The molecule has 0 N–H and O–H groups in total. The minimum atomic E-state index is -0.506. The molecule has 1 saturated heterocycles. The van der Waals surface area contributed by atoms with Crippen molar-refractivity contribution in [3.63, 3.8) is 0 Å². The molecule has 4 heterocycles. The molecule has 0 saturated carbocycles. The summed E-state index contributed by atoms with van der Waals surface area (Å²) in [6.45, 7) is 3.69. The number of nitrogens with zero attached hydrogens (tertiary/aromatic N) is 5. The van der Waals surface area contributed by atoms with Crippen molar-refractivity contribution in [1.29, 1.82) is 0 Å². The number of hydrogen-bond donors (Lipinski definition) is 0. The molecule has 1 amide bonds. The molecule has 1 aliphatic heterocycles. The van der Waals surface area contributed by atoms with Crippen LogP contribution in [0.4, 0.5) is 0 Å². The van der Waals surface area contributed by atoms with E-state index in [0.29, 0.717) is 36.7 Å². The van der Waals surface area contributed by atoms with Crippen LogP contribution in [-0.4, -0.2) is 74.5 Å². The number of carbonyl (C=O) groups is 3. The highest BCUT2D eigenvalue weighted by Crippen LogP contribution is 2.28. The molecule has 10 heteroatoms. The number of amides is 1. The summed E-state index contributed by atoms with van der Waals surface area (Å²) in [6.07, 6.45) is 3.56. The smallest absolute Gasteiger partial charge is 0.289 e. The van der Waals surface area contributed by atoms with Gasteiger partial charge >= 0.3 is 0 Å². The van der Waals surface area contributed by atoms with Crippen LogP contribution in [0.25, 0.3) is 0 Å². The zero-order valence-electron chi connectivity index (χ0n) is 16.7. The fourth-order valence-corrected chi connectivity index (χ4v) is 4.19. The molecule has 0 bridgehead atoms. The van der Waals surface area contributed by atoms with E-state index >= 15 is 0 Å². The third-order valence-corrected chi connectivity index (χ3v) is 5.83. The number of hydrogen-bond acceptors (Lipinski definition) is 7. The lowest BCUT2D eigenvalue weighted by Gasteiger charge is -2.37. The van der Waals surface area contributed by atoms with Gasteiger partial charge in [-0.05, 0) is 30.7 Å². The minimum absolute atomic E-state index is 0.0358. The highest BCUT2D eigenvalue weighted by Gasteiger charge is 2.37. The van der Waals surface area contributed by atoms with E-state index in [0.717, 1.165) is 19.6 Å². The van der Waals surface area contributed by atoms with Gasteiger partial charge in [0.15, 0.2) is 5.76 Å². The lowest BCUT2D eigenvalue weighted by Crippen LogP contribution is -2.49. The van der Waals surface area contributed by atoms with E-state index in [1.165, 1.54) is 17.1 Å². The molecule has 0 spiro atoms. The van der Waals surface area contributed by atoms with E-state index in [1.807, 2.05) is 0 Å². The normalized spacial score (nSPS) is 16.5. The van der Waals surface area contributed by atoms with Gasteiger partial charge in [-0.2, -0.15) is 0 Å². The summed E-state index contributed by atoms with van der Waals surface area (Å²) in [4.78, 5) is 46.0. The van der Waals surface area contributed by atoms with E-state index in [1.54, 1.807) is 29.2 Å². The van der Waals surface area contributed by atoms with Crippen LogP contribution in [0, 0.1) is 5.21 Å². The molecule has 1 aliphatic carbocycles. The average molecular weight is 422 g/mol. The van der Waals surface area contributed by atoms with Crippen molar-refractivity contribution in [2.45, 2.75) is 13.0 Å². The standard InChI is InChI=1S/C21H20N5O5/c27-19-14-4-1-6-22-16(14)20(28)18-17(19)25(26(18)30)8-3-7-23-9-11-24(12-10-23)21(29)15-5-2-13-31-15/h1-2,4-6,13H,3,7-12H2/q-1. The Balaban J connectivity index is 1.17. The molecule has 10 nitrogen and oxygen atoms in total. The molecule has 1 fully saturated rings. The second-order valence-electron chi connectivity index (χ2n) is 7.62. The Morgan fingerprint density at radius 1 is 1.03 bits per heavy atom. The molecule has 0 aromatic carbocycles. The number of fused-ring (bicyclic) bond motifs is 2. The Hall–Kier alpha value is -3.66. The van der Waals surface area contributed by atoms with Gasteiger partial charge in [0.1, 0.15) is 17.1 Å². The number of carbonyl (C=O) groups excluding carboxylic acids is 3. The molecule has 0 atom stereocenters. The Morgan fingerprint density at radius 2 is 1.84 bits per heavy atom. The molecular formula is C21H20N5O5-. The number of pyridine rings is 1. The van der Waals surface area contributed by atoms with Gasteiger partial charge in [-0.25, -0.2) is 0 Å². The van der Waals surface area contributed by atoms with Gasteiger partial charge < -0.3 is 19.4 Å². The van der Waals surface area contributed by atoms with Gasteiger partial charge in [-0.1, -0.05) is 0 Å². The predicted molar refractivity (Wildman–Crippen MR) is 108 cm³/mol. The van der Waals surface area contributed by atoms with Crippen LogP contribution in [0.15, 0.2) is 41.1 Å². The van der Waals surface area contributed by atoms with Crippen molar-refractivity contribution < 1.29 is 18.8 Å². The quantitative estimate of drug-likeness (QED) is 0.475. The number of piperazine rings is 1. The van der Waals surface area contributed by atoms with Crippen LogP contribution in [0.3, 0.4) is 0 Å². The van der Waals surface area contributed by atoms with Gasteiger partial charge in [0.25, 0.3) is 5.91 Å². The van der Waals surface area contributed by atoms with Crippen LogP contribution < -0.4 is 0 Å². The van der Waals surface area contributed by atoms with Crippen LogP contribution in [0.2, 0.25) is 0 Å². The number of ketones is 2. The lowest BCUT2D eigenvalue weighted by molar-refractivity contribution is 0.0602. The molecule has 0 radical (unpaired) electrons. The molecule has 31 heavy (non-hydrogen) atoms. The highest BCUT2D eigenvalue weighted by molar-refractivity contribution is 6.26. The number of aromatic nitrogens is 3. The maximum Gasteiger partial charge on any atom is 0.289 e. The van der Waals surface area contributed by atoms with E-state index in [9.17, 15) is 19.6 Å². The first kappa shape index (κ1) is 19.3. The van der Waals surface area contributed by atoms with E-state index in [2.05, 4.69) is 9.88 Å². The summed E-state index contributed by atoms with van der Waals surface area (Å²) in [5.41, 5.74) is 0.311. The second-order valence-corrected chi connectivity index (χ2v) is 7.62. The van der Waals surface area contributed by atoms with Crippen molar-refractivity contribution in [2.24, 2.45) is 0 Å². The monoisotopic (exact) mass is 422 g/mol. The lowest BCUT2D eigenvalue weighted by atomic mass is 9.93. The third kappa shape index (κ3) is 3.15. The zero-order valence-corrected chi connectivity index (χ0v) is 16.7. The minimum Gasteiger partial charge on any atom is -0.791 e. The molecule has 2 aliphatic rings. The number of rotatable bonds is 5. The van der Waals surface area contributed by atoms with Crippen LogP contribution in [0.1, 0.15) is 49.2 Å². The van der Waals surface area contributed by atoms with E-state index in [-0.39, 0.29) is 34.3 Å². The average Bonchev–Trinajstić information content (AvgIpc) is 3.34. The summed E-state index contributed by atoms with van der Waals surface area (Å²) in [7, 11) is 0. The van der Waals surface area contributed by atoms with Crippen LogP contribution in [-0.2, 0) is 6.54 Å². The largest absolute Gasteiger partial charge is 0.791 e. The first-order chi connectivity index (χ1) is 15.1. The molecule has 160 valence electrons. The van der Waals surface area contributed by atoms with Crippen molar-refractivity contribution in [1.82, 2.24) is 24.3 Å². The molecular weight excluding hydrogens is 402 g/mol. The Bertz CT molecular complexity index is 1150. The fourth-order valence-electron chi connectivity index (χ4n) is 4.19. The maximum atomic E-state index is 12.7. The van der Waals surface area contributed by atoms with Crippen LogP contribution in [0.5, 0.6) is 0 Å². The molecule has 5 rings (SSSR count). The summed E-state index contributed by atoms with van der Waals surface area (Å²) in [6, 6.07) is 6.51. The van der Waals surface area contributed by atoms with E-state index in [4.69, 9.17) is 4.42 Å². The third-order valence-electron chi connectivity index (χ3n) is 5.83. The Kier molecular flexibility index (Phi) is 4.70. The van der Waals surface area contributed by atoms with Gasteiger partial charge in [-0.15, -0.1) is 0 Å². The zero-order chi connectivity index (χ0) is 21.5. The second kappa shape index (κ2) is 7.55. The summed E-state index contributed by atoms with van der Waals surface area (Å²) >= 11 is 0.